The molecule has 0 aliphatic carbocycles. The van der Waals surface area contributed by atoms with Crippen molar-refractivity contribution in [2.75, 3.05) is 0 Å². The van der Waals surface area contributed by atoms with Crippen molar-refractivity contribution in [2.24, 2.45) is 0 Å². The minimum atomic E-state index is -0.186. The second-order valence-corrected chi connectivity index (χ2v) is 7.10. The van der Waals surface area contributed by atoms with Crippen molar-refractivity contribution in [3.8, 4) is 5.69 Å². The predicted octanol–water partition coefficient (Wildman–Crippen LogP) is 3.49. The summed E-state index contributed by atoms with van der Waals surface area (Å²) in [6, 6.07) is 6.48. The van der Waals surface area contributed by atoms with Crippen LogP contribution in [0, 0.1) is 13.8 Å². The van der Waals surface area contributed by atoms with E-state index in [0.717, 1.165) is 10.8 Å². The molecule has 1 N–H and O–H groups in total. The maximum atomic E-state index is 12.1. The van der Waals surface area contributed by atoms with E-state index >= 15 is 0 Å². The number of thioether (sulfide) groups is 1. The van der Waals surface area contributed by atoms with Gasteiger partial charge in [-0.25, -0.2) is 4.98 Å². The molecule has 0 aliphatic rings. The number of aryl methyl sites for hydroxylation is 2. The molecule has 22 heavy (non-hydrogen) atoms. The van der Waals surface area contributed by atoms with Crippen LogP contribution in [-0.4, -0.2) is 26.8 Å². The average molecular weight is 317 g/mol. The molecule has 0 fully saturated rings. The minimum absolute atomic E-state index is 0.0372. The van der Waals surface area contributed by atoms with E-state index in [1.165, 1.54) is 22.9 Å². The van der Waals surface area contributed by atoms with E-state index in [-0.39, 0.29) is 17.2 Å². The van der Waals surface area contributed by atoms with Crippen LogP contribution in [0.2, 0.25) is 0 Å². The number of nitrogens with one attached hydrogen (secondary N) is 1. The molecule has 0 saturated carbocycles. The van der Waals surface area contributed by atoms with Crippen molar-refractivity contribution in [3.63, 3.8) is 0 Å². The zero-order valence-corrected chi connectivity index (χ0v) is 14.6. The van der Waals surface area contributed by atoms with Crippen LogP contribution >= 0.6 is 11.8 Å². The fourth-order valence-electron chi connectivity index (χ4n) is 2.25. The highest BCUT2D eigenvalue weighted by molar-refractivity contribution is 8.00. The number of imidazole rings is 1. The van der Waals surface area contributed by atoms with Gasteiger partial charge in [0.2, 0.25) is 5.91 Å². The molecule has 0 bridgehead atoms. The first kappa shape index (κ1) is 16.6. The monoisotopic (exact) mass is 317 g/mol. The van der Waals surface area contributed by atoms with Crippen molar-refractivity contribution in [1.29, 1.82) is 0 Å². The number of nitrogens with zero attached hydrogens (tertiary/aromatic N) is 2. The third-order valence-corrected chi connectivity index (χ3v) is 4.38. The van der Waals surface area contributed by atoms with Gasteiger partial charge in [-0.1, -0.05) is 29.5 Å². The summed E-state index contributed by atoms with van der Waals surface area (Å²) in [7, 11) is 0. The summed E-state index contributed by atoms with van der Waals surface area (Å²) in [5, 5.41) is 3.58. The first-order valence-electron chi connectivity index (χ1n) is 7.46. The van der Waals surface area contributed by atoms with Gasteiger partial charge in [-0.15, -0.1) is 0 Å². The highest BCUT2D eigenvalue weighted by atomic mass is 32.2. The van der Waals surface area contributed by atoms with Crippen molar-refractivity contribution in [3.05, 3.63) is 41.7 Å². The Bertz CT molecular complexity index is 664. The summed E-state index contributed by atoms with van der Waals surface area (Å²) in [6.45, 7) is 10.0. The van der Waals surface area contributed by atoms with Gasteiger partial charge >= 0.3 is 0 Å². The lowest BCUT2D eigenvalue weighted by Gasteiger charge is -2.15. The van der Waals surface area contributed by atoms with Crippen molar-refractivity contribution >= 4 is 17.7 Å². The molecular formula is C17H23N3OS. The Morgan fingerprint density at radius 1 is 1.27 bits per heavy atom. The van der Waals surface area contributed by atoms with E-state index in [9.17, 15) is 4.79 Å². The number of hydrogen-bond donors (Lipinski definition) is 1. The highest BCUT2D eigenvalue weighted by Gasteiger charge is 2.18. The van der Waals surface area contributed by atoms with Gasteiger partial charge in [0.25, 0.3) is 0 Å². The largest absolute Gasteiger partial charge is 0.353 e. The molecule has 4 nitrogen and oxygen atoms in total. The topological polar surface area (TPSA) is 46.9 Å². The lowest BCUT2D eigenvalue weighted by molar-refractivity contribution is -0.120. The Balaban J connectivity index is 2.21. The summed E-state index contributed by atoms with van der Waals surface area (Å²) < 4.78 is 2.04. The van der Waals surface area contributed by atoms with Crippen molar-refractivity contribution in [1.82, 2.24) is 14.9 Å². The normalized spacial score (nSPS) is 12.5. The molecule has 1 amide bonds. The van der Waals surface area contributed by atoms with Gasteiger partial charge in [-0.2, -0.15) is 0 Å². The summed E-state index contributed by atoms with van der Waals surface area (Å²) in [5.41, 5.74) is 3.53. The smallest absolute Gasteiger partial charge is 0.233 e. The van der Waals surface area contributed by atoms with Gasteiger partial charge in [0.1, 0.15) is 0 Å². The standard InChI is InChI=1S/C17H23N3OS/c1-11(2)19-16(21)14(5)22-17-18-8-9-20(17)15-7-6-12(3)10-13(15)4/h6-11,14H,1-5H3,(H,19,21). The maximum Gasteiger partial charge on any atom is 0.233 e. The number of hydrogen-bond acceptors (Lipinski definition) is 3. The quantitative estimate of drug-likeness (QED) is 0.859. The molecule has 1 aromatic heterocycles. The van der Waals surface area contributed by atoms with Gasteiger partial charge in [0, 0.05) is 18.4 Å². The molecule has 1 unspecified atom stereocenters. The zero-order valence-electron chi connectivity index (χ0n) is 13.8. The fraction of sp³-hybridized carbons (Fsp3) is 0.412. The SMILES string of the molecule is Cc1ccc(-n2ccnc2SC(C)C(=O)NC(C)C)c(C)c1. The third-order valence-electron chi connectivity index (χ3n) is 3.30. The van der Waals surface area contributed by atoms with Gasteiger partial charge in [0.15, 0.2) is 5.16 Å². The van der Waals surface area contributed by atoms with Crippen LogP contribution in [0.4, 0.5) is 0 Å². The highest BCUT2D eigenvalue weighted by Crippen LogP contribution is 2.26. The van der Waals surface area contributed by atoms with E-state index in [0.29, 0.717) is 0 Å². The third kappa shape index (κ3) is 3.91. The van der Waals surface area contributed by atoms with Crippen molar-refractivity contribution in [2.45, 2.75) is 51.1 Å². The second-order valence-electron chi connectivity index (χ2n) is 5.79. The molecule has 0 radical (unpaired) electrons. The number of aromatic nitrogens is 2. The molecular weight excluding hydrogens is 294 g/mol. The Morgan fingerprint density at radius 3 is 2.64 bits per heavy atom. The van der Waals surface area contributed by atoms with E-state index in [1.54, 1.807) is 6.20 Å². The summed E-state index contributed by atoms with van der Waals surface area (Å²) >= 11 is 1.47. The Hall–Kier alpha value is -1.75. The molecule has 1 aromatic carbocycles. The van der Waals surface area contributed by atoms with Crippen LogP contribution in [0.25, 0.3) is 5.69 Å². The molecule has 0 saturated heterocycles. The molecule has 1 atom stereocenters. The number of amides is 1. The molecule has 5 heteroatoms. The Labute approximate surface area is 136 Å². The summed E-state index contributed by atoms with van der Waals surface area (Å²) in [4.78, 5) is 16.5. The first-order chi connectivity index (χ1) is 10.4. The average Bonchev–Trinajstić information content (AvgIpc) is 2.86. The number of carbonyl (C=O) groups excluding carboxylic acids is 1. The number of benzene rings is 1. The maximum absolute atomic E-state index is 12.1. The molecule has 2 rings (SSSR count). The van der Waals surface area contributed by atoms with E-state index in [2.05, 4.69) is 42.3 Å². The van der Waals surface area contributed by atoms with E-state index in [4.69, 9.17) is 0 Å². The molecule has 118 valence electrons. The fourth-order valence-corrected chi connectivity index (χ4v) is 3.14. The Kier molecular flexibility index (Phi) is 5.29. The van der Waals surface area contributed by atoms with Crippen LogP contribution in [-0.2, 0) is 4.79 Å². The number of rotatable bonds is 5. The lowest BCUT2D eigenvalue weighted by atomic mass is 10.1. The van der Waals surface area contributed by atoms with Gasteiger partial charge < -0.3 is 5.32 Å². The van der Waals surface area contributed by atoms with Gasteiger partial charge in [-0.05, 0) is 46.2 Å². The zero-order chi connectivity index (χ0) is 16.3. The van der Waals surface area contributed by atoms with Crippen LogP contribution < -0.4 is 5.32 Å². The van der Waals surface area contributed by atoms with Crippen LogP contribution in [0.3, 0.4) is 0 Å². The summed E-state index contributed by atoms with van der Waals surface area (Å²) in [6.07, 6.45) is 3.71. The summed E-state index contributed by atoms with van der Waals surface area (Å²) in [5.74, 6) is 0.0372. The molecule has 0 spiro atoms. The number of carbonyl (C=O) groups is 1. The molecule has 2 aromatic rings. The lowest BCUT2D eigenvalue weighted by Crippen LogP contribution is -2.36. The molecule has 0 aliphatic heterocycles. The van der Waals surface area contributed by atoms with E-state index < -0.39 is 0 Å². The predicted molar refractivity (Wildman–Crippen MR) is 91.6 cm³/mol. The van der Waals surface area contributed by atoms with Crippen LogP contribution in [0.15, 0.2) is 35.7 Å². The first-order valence-corrected chi connectivity index (χ1v) is 8.34. The van der Waals surface area contributed by atoms with Crippen LogP contribution in [0.1, 0.15) is 31.9 Å². The van der Waals surface area contributed by atoms with E-state index in [1.807, 2.05) is 31.5 Å². The Morgan fingerprint density at radius 2 is 2.00 bits per heavy atom. The second kappa shape index (κ2) is 7.01. The molecule has 1 heterocycles. The minimum Gasteiger partial charge on any atom is -0.353 e. The van der Waals surface area contributed by atoms with Crippen LogP contribution in [0.5, 0.6) is 0 Å². The van der Waals surface area contributed by atoms with Crippen molar-refractivity contribution < 1.29 is 4.79 Å². The van der Waals surface area contributed by atoms with Gasteiger partial charge in [0.05, 0.1) is 10.9 Å². The van der Waals surface area contributed by atoms with Gasteiger partial charge in [-0.3, -0.25) is 9.36 Å².